The van der Waals surface area contributed by atoms with Gasteiger partial charge >= 0.3 is 0 Å². The molecule has 1 aromatic carbocycles. The van der Waals surface area contributed by atoms with Crippen LogP contribution in [0.2, 0.25) is 0 Å². The number of amides is 1. The molecule has 2 rings (SSSR count). The molecule has 1 heterocycles. The molecule has 84 valence electrons. The highest BCUT2D eigenvalue weighted by Crippen LogP contribution is 2.19. The lowest BCUT2D eigenvalue weighted by atomic mass is 10.1. The van der Waals surface area contributed by atoms with Crippen molar-refractivity contribution in [3.05, 3.63) is 29.8 Å². The van der Waals surface area contributed by atoms with Crippen LogP contribution in [-0.2, 0) is 4.79 Å². The van der Waals surface area contributed by atoms with Gasteiger partial charge < -0.3 is 10.2 Å². The van der Waals surface area contributed by atoms with E-state index in [2.05, 4.69) is 5.32 Å². The van der Waals surface area contributed by atoms with Crippen molar-refractivity contribution in [2.75, 3.05) is 24.5 Å². The zero-order valence-electron chi connectivity index (χ0n) is 8.98. The van der Waals surface area contributed by atoms with Crippen molar-refractivity contribution >= 4 is 17.9 Å². The topological polar surface area (TPSA) is 49.4 Å². The molecule has 1 saturated heterocycles. The molecule has 0 bridgehead atoms. The maximum absolute atomic E-state index is 11.4. The van der Waals surface area contributed by atoms with E-state index in [4.69, 9.17) is 0 Å². The van der Waals surface area contributed by atoms with Gasteiger partial charge in [0.05, 0.1) is 6.54 Å². The number of anilines is 1. The van der Waals surface area contributed by atoms with Gasteiger partial charge in [-0.15, -0.1) is 0 Å². The number of nitrogens with zero attached hydrogens (tertiary/aromatic N) is 1. The van der Waals surface area contributed by atoms with E-state index in [0.29, 0.717) is 18.7 Å². The fourth-order valence-electron chi connectivity index (χ4n) is 1.89. The number of hydrogen-bond donors (Lipinski definition) is 1. The molecule has 1 aromatic rings. The van der Waals surface area contributed by atoms with E-state index >= 15 is 0 Å². The van der Waals surface area contributed by atoms with Crippen LogP contribution in [0.3, 0.4) is 0 Å². The average molecular weight is 218 g/mol. The molecule has 4 nitrogen and oxygen atoms in total. The molecule has 1 N–H and O–H groups in total. The van der Waals surface area contributed by atoms with Gasteiger partial charge in [-0.25, -0.2) is 0 Å². The largest absolute Gasteiger partial charge is 0.362 e. The molecule has 0 saturated carbocycles. The Kier molecular flexibility index (Phi) is 3.19. The second-order valence-electron chi connectivity index (χ2n) is 3.80. The minimum atomic E-state index is 0.0122. The van der Waals surface area contributed by atoms with Gasteiger partial charge in [-0.05, 0) is 18.6 Å². The molecule has 4 heteroatoms. The minimum Gasteiger partial charge on any atom is -0.362 e. The summed E-state index contributed by atoms with van der Waals surface area (Å²) in [6, 6.07) is 7.35. The summed E-state index contributed by atoms with van der Waals surface area (Å²) in [6.45, 7) is 1.83. The highest BCUT2D eigenvalue weighted by atomic mass is 16.2. The normalized spacial score (nSPS) is 16.5. The Morgan fingerprint density at radius 3 is 2.94 bits per heavy atom. The molecule has 0 radical (unpaired) electrons. The van der Waals surface area contributed by atoms with Crippen molar-refractivity contribution in [2.45, 2.75) is 6.42 Å². The van der Waals surface area contributed by atoms with Gasteiger partial charge in [0.2, 0.25) is 5.91 Å². The lowest BCUT2D eigenvalue weighted by Crippen LogP contribution is -2.33. The number of aldehydes is 1. The summed E-state index contributed by atoms with van der Waals surface area (Å²) in [4.78, 5) is 24.3. The number of rotatable bonds is 2. The number of carbonyl (C=O) groups excluding carboxylic acids is 2. The molecule has 0 atom stereocenters. The van der Waals surface area contributed by atoms with Gasteiger partial charge in [0.25, 0.3) is 0 Å². The third-order valence-electron chi connectivity index (χ3n) is 2.67. The monoisotopic (exact) mass is 218 g/mol. The van der Waals surface area contributed by atoms with Crippen LogP contribution in [0.25, 0.3) is 0 Å². The smallest absolute Gasteiger partial charge is 0.239 e. The van der Waals surface area contributed by atoms with E-state index in [1.165, 1.54) is 0 Å². The van der Waals surface area contributed by atoms with Crippen LogP contribution < -0.4 is 10.2 Å². The van der Waals surface area contributed by atoms with E-state index in [0.717, 1.165) is 24.9 Å². The quantitative estimate of drug-likeness (QED) is 0.748. The molecular formula is C12H14N2O2. The van der Waals surface area contributed by atoms with Gasteiger partial charge in [0.1, 0.15) is 0 Å². The van der Waals surface area contributed by atoms with E-state index < -0.39 is 0 Å². The van der Waals surface area contributed by atoms with Crippen molar-refractivity contribution in [2.24, 2.45) is 0 Å². The molecule has 1 aliphatic rings. The number of nitrogens with one attached hydrogen (secondary N) is 1. The van der Waals surface area contributed by atoms with Crippen LogP contribution in [0.5, 0.6) is 0 Å². The van der Waals surface area contributed by atoms with Crippen LogP contribution in [0.1, 0.15) is 16.8 Å². The van der Waals surface area contributed by atoms with Gasteiger partial charge in [0.15, 0.2) is 6.29 Å². The summed E-state index contributed by atoms with van der Waals surface area (Å²) in [7, 11) is 0. The molecule has 1 fully saturated rings. The Balaban J connectivity index is 2.27. The van der Waals surface area contributed by atoms with Gasteiger partial charge in [-0.1, -0.05) is 12.1 Å². The second-order valence-corrected chi connectivity index (χ2v) is 3.80. The lowest BCUT2D eigenvalue weighted by Gasteiger charge is -2.22. The van der Waals surface area contributed by atoms with Gasteiger partial charge in [-0.3, -0.25) is 9.59 Å². The Morgan fingerprint density at radius 1 is 1.31 bits per heavy atom. The van der Waals surface area contributed by atoms with Crippen LogP contribution in [0.15, 0.2) is 24.3 Å². The Morgan fingerprint density at radius 2 is 2.12 bits per heavy atom. The van der Waals surface area contributed by atoms with E-state index in [-0.39, 0.29) is 5.91 Å². The van der Waals surface area contributed by atoms with Crippen LogP contribution in [-0.4, -0.2) is 31.8 Å². The van der Waals surface area contributed by atoms with Crippen molar-refractivity contribution in [3.63, 3.8) is 0 Å². The van der Waals surface area contributed by atoms with Gasteiger partial charge in [0, 0.05) is 24.3 Å². The molecule has 0 aliphatic carbocycles. The molecule has 0 unspecified atom stereocenters. The zero-order valence-corrected chi connectivity index (χ0v) is 8.98. The molecule has 1 aliphatic heterocycles. The van der Waals surface area contributed by atoms with Gasteiger partial charge in [-0.2, -0.15) is 0 Å². The van der Waals surface area contributed by atoms with Crippen LogP contribution >= 0.6 is 0 Å². The number of para-hydroxylation sites is 1. The summed E-state index contributed by atoms with van der Waals surface area (Å²) in [6.07, 6.45) is 1.73. The molecular weight excluding hydrogens is 204 g/mol. The number of hydrogen-bond acceptors (Lipinski definition) is 3. The summed E-state index contributed by atoms with van der Waals surface area (Å²) in [5.74, 6) is 0.0122. The first-order valence-corrected chi connectivity index (χ1v) is 5.37. The van der Waals surface area contributed by atoms with Crippen LogP contribution in [0.4, 0.5) is 5.69 Å². The summed E-state index contributed by atoms with van der Waals surface area (Å²) in [5, 5.41) is 2.81. The predicted molar refractivity (Wildman–Crippen MR) is 61.7 cm³/mol. The van der Waals surface area contributed by atoms with E-state index in [1.54, 1.807) is 6.07 Å². The van der Waals surface area contributed by atoms with Crippen molar-refractivity contribution < 1.29 is 9.59 Å². The fourth-order valence-corrected chi connectivity index (χ4v) is 1.89. The first kappa shape index (κ1) is 10.7. The van der Waals surface area contributed by atoms with E-state index in [1.807, 2.05) is 23.1 Å². The second kappa shape index (κ2) is 4.79. The zero-order chi connectivity index (χ0) is 11.4. The highest BCUT2D eigenvalue weighted by molar-refractivity contribution is 5.88. The Hall–Kier alpha value is -1.84. The van der Waals surface area contributed by atoms with E-state index in [9.17, 15) is 9.59 Å². The predicted octanol–water partition coefficient (Wildman–Crippen LogP) is 0.825. The molecule has 0 spiro atoms. The minimum absolute atomic E-state index is 0.0122. The average Bonchev–Trinajstić information content (AvgIpc) is 2.54. The Bertz CT molecular complexity index is 404. The third-order valence-corrected chi connectivity index (χ3v) is 2.67. The fraction of sp³-hybridized carbons (Fsp3) is 0.333. The standard InChI is InChI=1S/C12H14N2O2/c15-9-10-4-1-2-5-11(10)14-7-3-6-13-12(16)8-14/h1-2,4-5,9H,3,6-8H2,(H,13,16). The lowest BCUT2D eigenvalue weighted by molar-refractivity contribution is -0.119. The van der Waals surface area contributed by atoms with Crippen molar-refractivity contribution in [1.82, 2.24) is 5.32 Å². The first-order chi connectivity index (χ1) is 7.81. The summed E-state index contributed by atoms with van der Waals surface area (Å²) in [5.41, 5.74) is 1.48. The van der Waals surface area contributed by atoms with Crippen molar-refractivity contribution in [1.29, 1.82) is 0 Å². The number of benzene rings is 1. The number of carbonyl (C=O) groups is 2. The molecule has 16 heavy (non-hydrogen) atoms. The summed E-state index contributed by atoms with van der Waals surface area (Å²) < 4.78 is 0. The maximum atomic E-state index is 11.4. The van der Waals surface area contributed by atoms with Crippen LogP contribution in [0, 0.1) is 0 Å². The SMILES string of the molecule is O=Cc1ccccc1N1CCCNC(=O)C1. The third kappa shape index (κ3) is 2.21. The highest BCUT2D eigenvalue weighted by Gasteiger charge is 2.16. The van der Waals surface area contributed by atoms with Crippen molar-refractivity contribution in [3.8, 4) is 0 Å². The molecule has 0 aromatic heterocycles. The first-order valence-electron chi connectivity index (χ1n) is 5.37. The Labute approximate surface area is 94.2 Å². The maximum Gasteiger partial charge on any atom is 0.239 e. The molecule has 1 amide bonds. The summed E-state index contributed by atoms with van der Waals surface area (Å²) >= 11 is 0.